The van der Waals surface area contributed by atoms with Gasteiger partial charge >= 0.3 is 0 Å². The maximum Gasteiger partial charge on any atom is 0.261 e. The molecule has 2 aromatic rings. The summed E-state index contributed by atoms with van der Waals surface area (Å²) < 4.78 is 47.3. The van der Waals surface area contributed by atoms with Crippen LogP contribution in [0.4, 0.5) is 10.1 Å². The van der Waals surface area contributed by atoms with Gasteiger partial charge < -0.3 is 20.1 Å². The fourth-order valence-electron chi connectivity index (χ4n) is 3.77. The number of likely N-dealkylation sites (N-methyl/N-ethyl adjacent to an activating group) is 1. The average molecular weight is 480 g/mol. The van der Waals surface area contributed by atoms with Crippen LogP contribution in [0.1, 0.15) is 19.4 Å². The molecule has 3 atom stereocenters. The SMILES string of the molecule is CNC[C@H]1Oc2ccc(NS(=O)(=O)c3ccc(F)cc3)cc2CC(=O)N([C@@H](C)CO)C[C@@H]1C. The topological polar surface area (TPSA) is 108 Å². The summed E-state index contributed by atoms with van der Waals surface area (Å²) >= 11 is 0. The highest BCUT2D eigenvalue weighted by molar-refractivity contribution is 7.92. The summed E-state index contributed by atoms with van der Waals surface area (Å²) in [6.07, 6.45) is -0.250. The third kappa shape index (κ3) is 6.01. The summed E-state index contributed by atoms with van der Waals surface area (Å²) in [4.78, 5) is 14.7. The average Bonchev–Trinajstić information content (AvgIpc) is 2.81. The molecule has 3 N–H and O–H groups in total. The van der Waals surface area contributed by atoms with Crippen LogP contribution in [0, 0.1) is 11.7 Å². The van der Waals surface area contributed by atoms with Gasteiger partial charge in [0.2, 0.25) is 5.91 Å². The Kier molecular flexibility index (Phi) is 7.93. The molecule has 1 amide bonds. The summed E-state index contributed by atoms with van der Waals surface area (Å²) in [5.74, 6) is -0.234. The normalized spacial score (nSPS) is 20.2. The van der Waals surface area contributed by atoms with E-state index in [1.807, 2.05) is 14.0 Å². The number of amides is 1. The van der Waals surface area contributed by atoms with E-state index in [4.69, 9.17) is 4.74 Å². The monoisotopic (exact) mass is 479 g/mol. The first-order valence-electron chi connectivity index (χ1n) is 10.8. The number of hydrogen-bond donors (Lipinski definition) is 3. The first kappa shape index (κ1) is 24.9. The van der Waals surface area contributed by atoms with Gasteiger partial charge in [-0.2, -0.15) is 0 Å². The van der Waals surface area contributed by atoms with Crippen LogP contribution < -0.4 is 14.8 Å². The Balaban J connectivity index is 1.95. The van der Waals surface area contributed by atoms with Gasteiger partial charge in [-0.05, 0) is 56.4 Å². The number of benzene rings is 2. The predicted octanol–water partition coefficient (Wildman–Crippen LogP) is 1.99. The van der Waals surface area contributed by atoms with Crippen molar-refractivity contribution in [3.05, 3.63) is 53.8 Å². The van der Waals surface area contributed by atoms with Crippen molar-refractivity contribution in [2.45, 2.75) is 37.3 Å². The molecule has 2 aromatic carbocycles. The van der Waals surface area contributed by atoms with Crippen molar-refractivity contribution in [3.8, 4) is 5.75 Å². The largest absolute Gasteiger partial charge is 0.488 e. The van der Waals surface area contributed by atoms with Crippen LogP contribution in [-0.4, -0.2) is 63.2 Å². The van der Waals surface area contributed by atoms with Crippen molar-refractivity contribution >= 4 is 21.6 Å². The zero-order valence-corrected chi connectivity index (χ0v) is 19.7. The van der Waals surface area contributed by atoms with E-state index in [0.29, 0.717) is 24.4 Å². The van der Waals surface area contributed by atoms with E-state index in [1.54, 1.807) is 30.0 Å². The van der Waals surface area contributed by atoms with E-state index < -0.39 is 15.8 Å². The van der Waals surface area contributed by atoms with Crippen LogP contribution in [0.5, 0.6) is 5.75 Å². The first-order valence-corrected chi connectivity index (χ1v) is 12.3. The number of nitrogens with zero attached hydrogens (tertiary/aromatic N) is 1. The minimum absolute atomic E-state index is 0.00914. The molecular formula is C23H30FN3O5S. The quantitative estimate of drug-likeness (QED) is 0.561. The minimum Gasteiger partial charge on any atom is -0.488 e. The summed E-state index contributed by atoms with van der Waals surface area (Å²) in [7, 11) is -2.13. The van der Waals surface area contributed by atoms with Gasteiger partial charge in [0.05, 0.1) is 24.0 Å². The molecule has 0 aromatic heterocycles. The molecule has 0 bridgehead atoms. The number of carbonyl (C=O) groups is 1. The minimum atomic E-state index is -3.95. The van der Waals surface area contributed by atoms with Gasteiger partial charge in [-0.25, -0.2) is 12.8 Å². The second-order valence-electron chi connectivity index (χ2n) is 8.33. The molecule has 33 heavy (non-hydrogen) atoms. The second kappa shape index (κ2) is 10.5. The van der Waals surface area contributed by atoms with Gasteiger partial charge in [0.15, 0.2) is 0 Å². The van der Waals surface area contributed by atoms with Gasteiger partial charge in [-0.15, -0.1) is 0 Å². The number of aliphatic hydroxyl groups is 1. The molecule has 0 saturated heterocycles. The van der Waals surface area contributed by atoms with Crippen molar-refractivity contribution in [2.24, 2.45) is 5.92 Å². The lowest BCUT2D eigenvalue weighted by Crippen LogP contribution is -2.47. The zero-order chi connectivity index (χ0) is 24.2. The first-order chi connectivity index (χ1) is 15.6. The van der Waals surface area contributed by atoms with E-state index >= 15 is 0 Å². The van der Waals surface area contributed by atoms with Crippen LogP contribution in [0.25, 0.3) is 0 Å². The van der Waals surface area contributed by atoms with E-state index in [-0.39, 0.29) is 47.6 Å². The van der Waals surface area contributed by atoms with E-state index in [2.05, 4.69) is 10.0 Å². The van der Waals surface area contributed by atoms with Crippen molar-refractivity contribution in [1.82, 2.24) is 10.2 Å². The molecule has 0 aliphatic carbocycles. The van der Waals surface area contributed by atoms with Crippen molar-refractivity contribution in [3.63, 3.8) is 0 Å². The number of fused-ring (bicyclic) bond motifs is 1. The Morgan fingerprint density at radius 2 is 1.94 bits per heavy atom. The Morgan fingerprint density at radius 3 is 2.58 bits per heavy atom. The number of halogens is 1. The molecule has 0 fully saturated rings. The van der Waals surface area contributed by atoms with Gasteiger partial charge in [-0.3, -0.25) is 9.52 Å². The van der Waals surface area contributed by atoms with Crippen LogP contribution in [-0.2, 0) is 21.2 Å². The third-order valence-electron chi connectivity index (χ3n) is 5.70. The van der Waals surface area contributed by atoms with E-state index in [9.17, 15) is 22.7 Å². The number of nitrogens with one attached hydrogen (secondary N) is 2. The Bertz CT molecular complexity index is 1080. The van der Waals surface area contributed by atoms with Crippen LogP contribution in [0.2, 0.25) is 0 Å². The van der Waals surface area contributed by atoms with E-state index in [0.717, 1.165) is 12.1 Å². The van der Waals surface area contributed by atoms with Crippen molar-refractivity contribution in [1.29, 1.82) is 0 Å². The van der Waals surface area contributed by atoms with Crippen molar-refractivity contribution < 1.29 is 27.4 Å². The molecule has 1 aliphatic heterocycles. The molecule has 10 heteroatoms. The highest BCUT2D eigenvalue weighted by atomic mass is 32.2. The molecule has 8 nitrogen and oxygen atoms in total. The summed E-state index contributed by atoms with van der Waals surface area (Å²) in [6.45, 7) is 4.58. The standard InChI is InChI=1S/C23H30FN3O5S/c1-15-13-27(16(2)14-28)23(29)11-17-10-19(6-9-21(17)32-22(15)12-25-3)26-33(30,31)20-7-4-18(24)5-8-20/h4-10,15-16,22,25-26,28H,11-14H2,1-3H3/t15-,16-,22+/m0/s1. The Hall–Kier alpha value is -2.69. The lowest BCUT2D eigenvalue weighted by molar-refractivity contribution is -0.134. The summed E-state index contributed by atoms with van der Waals surface area (Å²) in [6, 6.07) is 8.93. The molecule has 0 radical (unpaired) electrons. The number of carbonyl (C=O) groups excluding carboxylic acids is 1. The second-order valence-corrected chi connectivity index (χ2v) is 10.0. The third-order valence-corrected chi connectivity index (χ3v) is 7.10. The number of aliphatic hydroxyl groups excluding tert-OH is 1. The number of anilines is 1. The number of ether oxygens (including phenoxy) is 1. The fraction of sp³-hybridized carbons (Fsp3) is 0.435. The summed E-state index contributed by atoms with van der Waals surface area (Å²) in [5.41, 5.74) is 0.790. The smallest absolute Gasteiger partial charge is 0.261 e. The number of sulfonamides is 1. The molecule has 1 heterocycles. The lowest BCUT2D eigenvalue weighted by atomic mass is 10.0. The highest BCUT2D eigenvalue weighted by Gasteiger charge is 2.30. The summed E-state index contributed by atoms with van der Waals surface area (Å²) in [5, 5.41) is 12.8. The number of hydrogen-bond acceptors (Lipinski definition) is 6. The number of rotatable bonds is 7. The van der Waals surface area contributed by atoms with Gasteiger partial charge in [0.25, 0.3) is 10.0 Å². The maximum absolute atomic E-state index is 13.2. The zero-order valence-electron chi connectivity index (χ0n) is 18.9. The van der Waals surface area contributed by atoms with Crippen LogP contribution >= 0.6 is 0 Å². The molecular weight excluding hydrogens is 449 g/mol. The van der Waals surface area contributed by atoms with E-state index in [1.165, 1.54) is 12.1 Å². The fourth-order valence-corrected chi connectivity index (χ4v) is 4.82. The molecule has 180 valence electrons. The van der Waals surface area contributed by atoms with Crippen LogP contribution in [0.15, 0.2) is 47.4 Å². The predicted molar refractivity (Wildman–Crippen MR) is 123 cm³/mol. The van der Waals surface area contributed by atoms with Crippen molar-refractivity contribution in [2.75, 3.05) is 31.5 Å². The molecule has 0 saturated carbocycles. The van der Waals surface area contributed by atoms with Crippen LogP contribution in [0.3, 0.4) is 0 Å². The van der Waals surface area contributed by atoms with Gasteiger partial charge in [-0.1, -0.05) is 6.92 Å². The molecule has 0 spiro atoms. The van der Waals surface area contributed by atoms with Gasteiger partial charge in [0, 0.05) is 30.3 Å². The highest BCUT2D eigenvalue weighted by Crippen LogP contribution is 2.29. The van der Waals surface area contributed by atoms with Gasteiger partial charge in [0.1, 0.15) is 17.7 Å². The maximum atomic E-state index is 13.2. The molecule has 3 rings (SSSR count). The Labute approximate surface area is 193 Å². The lowest BCUT2D eigenvalue weighted by Gasteiger charge is -2.32. The molecule has 0 unspecified atom stereocenters. The Morgan fingerprint density at radius 1 is 1.24 bits per heavy atom. The molecule has 1 aliphatic rings.